The van der Waals surface area contributed by atoms with Crippen molar-refractivity contribution in [1.82, 2.24) is 4.90 Å². The molecule has 1 heterocycles. The Morgan fingerprint density at radius 3 is 2.53 bits per heavy atom. The Labute approximate surface area is 180 Å². The van der Waals surface area contributed by atoms with E-state index in [4.69, 9.17) is 9.47 Å². The lowest BCUT2D eigenvalue weighted by molar-refractivity contribution is -0.0144. The molecule has 0 fully saturated rings. The van der Waals surface area contributed by atoms with Gasteiger partial charge in [-0.05, 0) is 43.5 Å². The second-order valence-corrected chi connectivity index (χ2v) is 7.92. The van der Waals surface area contributed by atoms with Crippen molar-refractivity contribution < 1.29 is 24.2 Å². The quantitative estimate of drug-likeness (QED) is 0.471. The first-order valence-corrected chi connectivity index (χ1v) is 10.6. The summed E-state index contributed by atoms with van der Waals surface area (Å²) in [4.78, 5) is 26.5. The topological polar surface area (TPSA) is 100 Å². The number of benzene rings is 1. The van der Waals surface area contributed by atoms with E-state index in [0.29, 0.717) is 29.5 Å². The maximum Gasteiger partial charge on any atom is 0.321 e. The van der Waals surface area contributed by atoms with Gasteiger partial charge in [-0.3, -0.25) is 4.79 Å². The Kier molecular flexibility index (Phi) is 9.75. The Balaban J connectivity index is 1.77. The van der Waals surface area contributed by atoms with E-state index < -0.39 is 6.10 Å². The maximum absolute atomic E-state index is 12.4. The summed E-state index contributed by atoms with van der Waals surface area (Å²) in [6.45, 7) is 4.95. The summed E-state index contributed by atoms with van der Waals surface area (Å²) < 4.78 is 10.7. The molecule has 0 aliphatic carbocycles. The van der Waals surface area contributed by atoms with Crippen molar-refractivity contribution in [1.29, 1.82) is 0 Å². The van der Waals surface area contributed by atoms with Crippen LogP contribution >= 0.6 is 11.3 Å². The normalized spacial score (nSPS) is 11.9. The van der Waals surface area contributed by atoms with E-state index in [2.05, 4.69) is 10.6 Å². The average Bonchev–Trinajstić information content (AvgIpc) is 3.22. The van der Waals surface area contributed by atoms with E-state index in [1.807, 2.05) is 25.3 Å². The minimum atomic E-state index is -0.809. The molecular formula is C21H29N3O5S. The van der Waals surface area contributed by atoms with Crippen LogP contribution in [0.3, 0.4) is 0 Å². The molecule has 164 valence electrons. The molecule has 0 aliphatic rings. The molecule has 0 radical (unpaired) electrons. The third-order valence-electron chi connectivity index (χ3n) is 3.94. The van der Waals surface area contributed by atoms with Crippen LogP contribution in [0.25, 0.3) is 0 Å². The lowest BCUT2D eigenvalue weighted by Crippen LogP contribution is -2.39. The van der Waals surface area contributed by atoms with Crippen molar-refractivity contribution in [2.24, 2.45) is 0 Å². The first-order chi connectivity index (χ1) is 14.3. The van der Waals surface area contributed by atoms with Crippen LogP contribution in [0.2, 0.25) is 0 Å². The standard InChI is InChI=1S/C21H29N3O5S/c1-15(2)29-10-9-28-14-18(25)13-24(3)21(27)23-17-7-4-6-16(12-17)22-20(26)19-8-5-11-30-19/h4-8,11-12,15,18,25H,9-10,13-14H2,1-3H3,(H,22,26)(H,23,27). The fraction of sp³-hybridized carbons (Fsp3) is 0.429. The SMILES string of the molecule is CC(C)OCCOCC(O)CN(C)C(=O)Nc1cccc(NC(=O)c2cccs2)c1. The lowest BCUT2D eigenvalue weighted by Gasteiger charge is -2.21. The van der Waals surface area contributed by atoms with Crippen molar-refractivity contribution in [2.75, 3.05) is 44.0 Å². The van der Waals surface area contributed by atoms with E-state index in [0.717, 1.165) is 0 Å². The molecule has 1 unspecified atom stereocenters. The Morgan fingerprint density at radius 2 is 1.87 bits per heavy atom. The highest BCUT2D eigenvalue weighted by atomic mass is 32.1. The molecule has 1 aromatic heterocycles. The fourth-order valence-electron chi connectivity index (χ4n) is 2.51. The molecule has 30 heavy (non-hydrogen) atoms. The van der Waals surface area contributed by atoms with Crippen LogP contribution < -0.4 is 10.6 Å². The summed E-state index contributed by atoms with van der Waals surface area (Å²) in [6, 6.07) is 10.1. The lowest BCUT2D eigenvalue weighted by atomic mass is 10.2. The number of ether oxygens (including phenoxy) is 2. The molecule has 2 rings (SSSR count). The zero-order valence-corrected chi connectivity index (χ0v) is 18.3. The fourth-order valence-corrected chi connectivity index (χ4v) is 3.13. The monoisotopic (exact) mass is 435 g/mol. The van der Waals surface area contributed by atoms with Gasteiger partial charge in [0.2, 0.25) is 0 Å². The van der Waals surface area contributed by atoms with Gasteiger partial charge < -0.3 is 30.1 Å². The smallest absolute Gasteiger partial charge is 0.321 e. The summed E-state index contributed by atoms with van der Waals surface area (Å²) in [5.74, 6) is -0.201. The van der Waals surface area contributed by atoms with Crippen molar-refractivity contribution in [3.05, 3.63) is 46.7 Å². The van der Waals surface area contributed by atoms with E-state index in [9.17, 15) is 14.7 Å². The van der Waals surface area contributed by atoms with Crippen LogP contribution in [0.15, 0.2) is 41.8 Å². The second-order valence-electron chi connectivity index (χ2n) is 6.97. The van der Waals surface area contributed by atoms with Gasteiger partial charge in [0.05, 0.1) is 43.5 Å². The zero-order valence-electron chi connectivity index (χ0n) is 17.5. The molecule has 1 atom stereocenters. The summed E-state index contributed by atoms with van der Waals surface area (Å²) in [6.07, 6.45) is -0.674. The number of amides is 3. The zero-order chi connectivity index (χ0) is 21.9. The summed E-state index contributed by atoms with van der Waals surface area (Å²) in [5.41, 5.74) is 1.11. The number of carbonyl (C=O) groups excluding carboxylic acids is 2. The highest BCUT2D eigenvalue weighted by Crippen LogP contribution is 2.18. The molecule has 0 saturated heterocycles. The number of nitrogens with zero attached hydrogens (tertiary/aromatic N) is 1. The van der Waals surface area contributed by atoms with Crippen molar-refractivity contribution in [2.45, 2.75) is 26.1 Å². The number of aliphatic hydroxyl groups is 1. The van der Waals surface area contributed by atoms with Crippen LogP contribution in [0.5, 0.6) is 0 Å². The molecule has 2 aromatic rings. The Bertz CT molecular complexity index is 798. The van der Waals surface area contributed by atoms with Crippen LogP contribution in [0, 0.1) is 0 Å². The number of carbonyl (C=O) groups is 2. The molecule has 3 N–H and O–H groups in total. The molecule has 0 spiro atoms. The third-order valence-corrected chi connectivity index (χ3v) is 4.81. The van der Waals surface area contributed by atoms with Crippen LogP contribution in [-0.2, 0) is 9.47 Å². The van der Waals surface area contributed by atoms with E-state index in [-0.39, 0.29) is 31.2 Å². The molecule has 0 aliphatic heterocycles. The van der Waals surface area contributed by atoms with Gasteiger partial charge in [0, 0.05) is 18.4 Å². The molecular weight excluding hydrogens is 406 g/mol. The summed E-state index contributed by atoms with van der Waals surface area (Å²) >= 11 is 1.35. The molecule has 0 bridgehead atoms. The summed E-state index contributed by atoms with van der Waals surface area (Å²) in [5, 5.41) is 17.4. The van der Waals surface area contributed by atoms with Gasteiger partial charge in [-0.15, -0.1) is 11.3 Å². The van der Waals surface area contributed by atoms with Crippen molar-refractivity contribution in [3.63, 3.8) is 0 Å². The number of anilines is 2. The van der Waals surface area contributed by atoms with Crippen LogP contribution in [-0.4, -0.2) is 67.6 Å². The number of rotatable bonds is 11. The number of urea groups is 1. The van der Waals surface area contributed by atoms with E-state index >= 15 is 0 Å². The second kappa shape index (κ2) is 12.3. The van der Waals surface area contributed by atoms with Gasteiger partial charge >= 0.3 is 6.03 Å². The van der Waals surface area contributed by atoms with Gasteiger partial charge in [0.1, 0.15) is 0 Å². The molecule has 1 aromatic carbocycles. The highest BCUT2D eigenvalue weighted by molar-refractivity contribution is 7.12. The third kappa shape index (κ3) is 8.50. The van der Waals surface area contributed by atoms with E-state index in [1.165, 1.54) is 16.2 Å². The van der Waals surface area contributed by atoms with Crippen LogP contribution in [0.1, 0.15) is 23.5 Å². The summed E-state index contributed by atoms with van der Waals surface area (Å²) in [7, 11) is 1.59. The Hall–Kier alpha value is -2.46. The van der Waals surface area contributed by atoms with Gasteiger partial charge in [-0.1, -0.05) is 12.1 Å². The number of nitrogens with one attached hydrogen (secondary N) is 2. The number of thiophene rings is 1. The van der Waals surface area contributed by atoms with E-state index in [1.54, 1.807) is 37.4 Å². The predicted octanol–water partition coefficient (Wildman–Crippen LogP) is 3.27. The Morgan fingerprint density at radius 1 is 1.13 bits per heavy atom. The molecule has 8 nitrogen and oxygen atoms in total. The number of hydrogen-bond donors (Lipinski definition) is 3. The van der Waals surface area contributed by atoms with Crippen molar-refractivity contribution >= 4 is 34.6 Å². The van der Waals surface area contributed by atoms with Gasteiger partial charge in [0.15, 0.2) is 0 Å². The van der Waals surface area contributed by atoms with Crippen molar-refractivity contribution in [3.8, 4) is 0 Å². The number of aliphatic hydroxyl groups excluding tert-OH is 1. The van der Waals surface area contributed by atoms with Gasteiger partial charge in [0.25, 0.3) is 5.91 Å². The molecule has 0 saturated carbocycles. The van der Waals surface area contributed by atoms with Crippen LogP contribution in [0.4, 0.5) is 16.2 Å². The first-order valence-electron chi connectivity index (χ1n) is 9.69. The van der Waals surface area contributed by atoms with Gasteiger partial charge in [-0.2, -0.15) is 0 Å². The largest absolute Gasteiger partial charge is 0.389 e. The van der Waals surface area contributed by atoms with Gasteiger partial charge in [-0.25, -0.2) is 4.79 Å². The first kappa shape index (κ1) is 23.8. The average molecular weight is 436 g/mol. The minimum absolute atomic E-state index is 0.114. The predicted molar refractivity (Wildman–Crippen MR) is 118 cm³/mol. The molecule has 9 heteroatoms. The minimum Gasteiger partial charge on any atom is -0.389 e. The highest BCUT2D eigenvalue weighted by Gasteiger charge is 2.15. The number of likely N-dealkylation sites (N-methyl/N-ethyl adjacent to an activating group) is 1. The molecule has 3 amide bonds. The number of hydrogen-bond acceptors (Lipinski definition) is 6. The maximum atomic E-state index is 12.4.